The second-order valence-corrected chi connectivity index (χ2v) is 3.03. The lowest BCUT2D eigenvalue weighted by atomic mass is 10.2. The minimum absolute atomic E-state index is 0.0469. The Hall–Kier alpha value is -0.120. The number of nitrogens with two attached hydrogens (primary N) is 1. The minimum atomic E-state index is -0.0469. The molecule has 0 radical (unpaired) electrons. The molecule has 1 unspecified atom stereocenters. The van der Waals surface area contributed by atoms with E-state index in [2.05, 4.69) is 18.9 Å². The third-order valence-corrected chi connectivity index (χ3v) is 1.72. The zero-order chi connectivity index (χ0) is 8.69. The molecular formula is C8H20N2O. The normalized spacial score (nSPS) is 13.9. The van der Waals surface area contributed by atoms with E-state index in [4.69, 9.17) is 10.8 Å². The largest absolute Gasteiger partial charge is 0.395 e. The summed E-state index contributed by atoms with van der Waals surface area (Å²) in [6.07, 6.45) is 2.05. The van der Waals surface area contributed by atoms with Gasteiger partial charge in [-0.3, -0.25) is 0 Å². The summed E-state index contributed by atoms with van der Waals surface area (Å²) in [5, 5.41) is 8.63. The van der Waals surface area contributed by atoms with Gasteiger partial charge in [-0.25, -0.2) is 0 Å². The maximum atomic E-state index is 8.63. The molecule has 11 heavy (non-hydrogen) atoms. The molecule has 0 aromatic heterocycles. The van der Waals surface area contributed by atoms with Crippen molar-refractivity contribution in [2.45, 2.75) is 25.8 Å². The van der Waals surface area contributed by atoms with Crippen molar-refractivity contribution in [3.05, 3.63) is 0 Å². The SMILES string of the molecule is CCCN(C)CCC(N)CO. The molecule has 0 saturated carbocycles. The fourth-order valence-electron chi connectivity index (χ4n) is 0.971. The van der Waals surface area contributed by atoms with Gasteiger partial charge >= 0.3 is 0 Å². The molecule has 0 aromatic rings. The van der Waals surface area contributed by atoms with Gasteiger partial charge < -0.3 is 15.7 Å². The van der Waals surface area contributed by atoms with Crippen molar-refractivity contribution in [1.82, 2.24) is 4.90 Å². The zero-order valence-corrected chi connectivity index (χ0v) is 7.58. The molecule has 0 aliphatic heterocycles. The number of hydrogen-bond acceptors (Lipinski definition) is 3. The van der Waals surface area contributed by atoms with Crippen LogP contribution in [0.3, 0.4) is 0 Å². The molecule has 0 fully saturated rings. The highest BCUT2D eigenvalue weighted by molar-refractivity contribution is 4.61. The van der Waals surface area contributed by atoms with E-state index in [1.54, 1.807) is 0 Å². The van der Waals surface area contributed by atoms with Gasteiger partial charge in [-0.2, -0.15) is 0 Å². The van der Waals surface area contributed by atoms with Crippen molar-refractivity contribution in [2.24, 2.45) is 5.73 Å². The average molecular weight is 160 g/mol. The third-order valence-electron chi connectivity index (χ3n) is 1.72. The van der Waals surface area contributed by atoms with E-state index >= 15 is 0 Å². The quantitative estimate of drug-likeness (QED) is 0.576. The van der Waals surface area contributed by atoms with Gasteiger partial charge in [-0.05, 0) is 33.0 Å². The molecule has 0 amide bonds. The molecule has 1 atom stereocenters. The summed E-state index contributed by atoms with van der Waals surface area (Å²) in [4.78, 5) is 2.23. The number of aliphatic hydroxyl groups excluding tert-OH is 1. The van der Waals surface area contributed by atoms with Crippen molar-refractivity contribution >= 4 is 0 Å². The van der Waals surface area contributed by atoms with E-state index in [-0.39, 0.29) is 12.6 Å². The van der Waals surface area contributed by atoms with E-state index < -0.39 is 0 Å². The van der Waals surface area contributed by atoms with Gasteiger partial charge in [-0.15, -0.1) is 0 Å². The molecule has 0 rings (SSSR count). The Bertz CT molecular complexity index is 88.2. The molecule has 3 N–H and O–H groups in total. The van der Waals surface area contributed by atoms with Crippen molar-refractivity contribution < 1.29 is 5.11 Å². The zero-order valence-electron chi connectivity index (χ0n) is 7.58. The summed E-state index contributed by atoms with van der Waals surface area (Å²) in [6, 6.07) is -0.0469. The van der Waals surface area contributed by atoms with Crippen molar-refractivity contribution in [2.75, 3.05) is 26.7 Å². The molecule has 0 heterocycles. The summed E-state index contributed by atoms with van der Waals surface area (Å²) in [5.41, 5.74) is 5.54. The first kappa shape index (κ1) is 10.9. The van der Waals surface area contributed by atoms with Crippen molar-refractivity contribution in [3.63, 3.8) is 0 Å². The first-order valence-corrected chi connectivity index (χ1v) is 4.25. The maximum Gasteiger partial charge on any atom is 0.0583 e. The van der Waals surface area contributed by atoms with Gasteiger partial charge in [0.1, 0.15) is 0 Å². The number of nitrogens with zero attached hydrogens (tertiary/aromatic N) is 1. The molecule has 0 spiro atoms. The number of aliphatic hydroxyl groups is 1. The first-order chi connectivity index (χ1) is 5.20. The Morgan fingerprint density at radius 1 is 1.45 bits per heavy atom. The number of rotatable bonds is 6. The lowest BCUT2D eigenvalue weighted by Crippen LogP contribution is -2.30. The van der Waals surface area contributed by atoms with Gasteiger partial charge in [0, 0.05) is 6.04 Å². The Labute approximate surface area is 69.2 Å². The molecule has 68 valence electrons. The predicted octanol–water partition coefficient (Wildman–Crippen LogP) is 0.0379. The minimum Gasteiger partial charge on any atom is -0.395 e. The Balaban J connectivity index is 3.22. The highest BCUT2D eigenvalue weighted by Gasteiger charge is 2.01. The molecule has 0 saturated heterocycles. The summed E-state index contributed by atoms with van der Waals surface area (Å²) < 4.78 is 0. The number of hydrogen-bond donors (Lipinski definition) is 2. The third kappa shape index (κ3) is 6.28. The van der Waals surface area contributed by atoms with E-state index in [1.807, 2.05) is 0 Å². The van der Waals surface area contributed by atoms with Gasteiger partial charge in [0.15, 0.2) is 0 Å². The first-order valence-electron chi connectivity index (χ1n) is 4.25. The summed E-state index contributed by atoms with van der Waals surface area (Å²) >= 11 is 0. The molecule has 0 aliphatic carbocycles. The monoisotopic (exact) mass is 160 g/mol. The van der Waals surface area contributed by atoms with Crippen LogP contribution in [0.2, 0.25) is 0 Å². The Kier molecular flexibility index (Phi) is 6.51. The van der Waals surface area contributed by atoms with Gasteiger partial charge in [0.2, 0.25) is 0 Å². The Morgan fingerprint density at radius 2 is 2.09 bits per heavy atom. The van der Waals surface area contributed by atoms with Gasteiger partial charge in [0.25, 0.3) is 0 Å². The van der Waals surface area contributed by atoms with Crippen LogP contribution in [0, 0.1) is 0 Å². The molecule has 0 bridgehead atoms. The smallest absolute Gasteiger partial charge is 0.0583 e. The van der Waals surface area contributed by atoms with E-state index in [1.165, 1.54) is 6.42 Å². The molecule has 3 heteroatoms. The van der Waals surface area contributed by atoms with Crippen molar-refractivity contribution in [3.8, 4) is 0 Å². The average Bonchev–Trinajstić information content (AvgIpc) is 2.01. The summed E-state index contributed by atoms with van der Waals surface area (Å²) in [7, 11) is 2.08. The lowest BCUT2D eigenvalue weighted by Gasteiger charge is -2.17. The summed E-state index contributed by atoms with van der Waals surface area (Å²) in [5.74, 6) is 0. The highest BCUT2D eigenvalue weighted by atomic mass is 16.3. The highest BCUT2D eigenvalue weighted by Crippen LogP contribution is 1.92. The van der Waals surface area contributed by atoms with Gasteiger partial charge in [-0.1, -0.05) is 6.92 Å². The second kappa shape index (κ2) is 6.58. The second-order valence-electron chi connectivity index (χ2n) is 3.03. The standard InChI is InChI=1S/C8H20N2O/c1-3-5-10(2)6-4-8(9)7-11/h8,11H,3-7,9H2,1-2H3. The molecule has 3 nitrogen and oxygen atoms in total. The molecule has 0 aliphatic rings. The van der Waals surface area contributed by atoms with Crippen LogP contribution in [0.25, 0.3) is 0 Å². The van der Waals surface area contributed by atoms with E-state index in [0.717, 1.165) is 19.5 Å². The lowest BCUT2D eigenvalue weighted by molar-refractivity contribution is 0.240. The van der Waals surface area contributed by atoms with Crippen LogP contribution >= 0.6 is 0 Å². The topological polar surface area (TPSA) is 49.5 Å². The van der Waals surface area contributed by atoms with Crippen LogP contribution in [-0.2, 0) is 0 Å². The van der Waals surface area contributed by atoms with E-state index in [0.29, 0.717) is 0 Å². The fraction of sp³-hybridized carbons (Fsp3) is 1.00. The van der Waals surface area contributed by atoms with Crippen LogP contribution in [0.1, 0.15) is 19.8 Å². The van der Waals surface area contributed by atoms with Gasteiger partial charge in [0.05, 0.1) is 6.61 Å². The molecular weight excluding hydrogens is 140 g/mol. The Morgan fingerprint density at radius 3 is 2.55 bits per heavy atom. The summed E-state index contributed by atoms with van der Waals surface area (Å²) in [6.45, 7) is 4.34. The maximum absolute atomic E-state index is 8.63. The molecule has 0 aromatic carbocycles. The predicted molar refractivity (Wildman–Crippen MR) is 47.5 cm³/mol. The van der Waals surface area contributed by atoms with Crippen molar-refractivity contribution in [1.29, 1.82) is 0 Å². The van der Waals surface area contributed by atoms with Crippen LogP contribution < -0.4 is 5.73 Å². The fourth-order valence-corrected chi connectivity index (χ4v) is 0.971. The van der Waals surface area contributed by atoms with Crippen LogP contribution in [-0.4, -0.2) is 42.8 Å². The van der Waals surface area contributed by atoms with Crippen LogP contribution in [0.4, 0.5) is 0 Å². The van der Waals surface area contributed by atoms with Crippen LogP contribution in [0.5, 0.6) is 0 Å². The van der Waals surface area contributed by atoms with Crippen LogP contribution in [0.15, 0.2) is 0 Å². The van der Waals surface area contributed by atoms with E-state index in [9.17, 15) is 0 Å².